The first-order chi connectivity index (χ1) is 12.5. The molecule has 136 valence electrons. The molecule has 2 aromatic carbocycles. The van der Waals surface area contributed by atoms with Crippen LogP contribution in [-0.2, 0) is 22.5 Å². The second-order valence-electron chi connectivity index (χ2n) is 6.30. The number of rotatable bonds is 6. The summed E-state index contributed by atoms with van der Waals surface area (Å²) in [6.45, 7) is 2.97. The highest BCUT2D eigenvalue weighted by Gasteiger charge is 2.19. The Balaban J connectivity index is 1.78. The molecule has 0 amide bonds. The van der Waals surface area contributed by atoms with Crippen molar-refractivity contribution in [1.29, 1.82) is 0 Å². The van der Waals surface area contributed by atoms with E-state index in [0.29, 0.717) is 19.0 Å². The molecule has 1 aliphatic heterocycles. The number of ether oxygens (including phenoxy) is 1. The third-order valence-corrected chi connectivity index (χ3v) is 4.31. The molecule has 1 heterocycles. The van der Waals surface area contributed by atoms with Crippen LogP contribution in [0.1, 0.15) is 18.1 Å². The first-order valence-electron chi connectivity index (χ1n) is 8.40. The number of methoxy groups -OCH3 is 1. The van der Waals surface area contributed by atoms with Gasteiger partial charge in [-0.15, -0.1) is 0 Å². The summed E-state index contributed by atoms with van der Waals surface area (Å²) in [5.41, 5.74) is 6.38. The number of nitrogens with one attached hydrogen (secondary N) is 1. The average molecular weight is 372 g/mol. The van der Waals surface area contributed by atoms with Gasteiger partial charge in [-0.25, -0.2) is 0 Å². The maximum Gasteiger partial charge on any atom is 0.222 e. The van der Waals surface area contributed by atoms with Gasteiger partial charge in [0.25, 0.3) is 0 Å². The van der Waals surface area contributed by atoms with Crippen molar-refractivity contribution >= 4 is 23.1 Å². The molecule has 2 aromatic rings. The fraction of sp³-hybridized carbons (Fsp3) is 0.250. The number of halogens is 1. The van der Waals surface area contributed by atoms with E-state index < -0.39 is 0 Å². The Morgan fingerprint density at radius 3 is 2.65 bits per heavy atom. The van der Waals surface area contributed by atoms with Crippen molar-refractivity contribution in [3.05, 3.63) is 76.8 Å². The van der Waals surface area contributed by atoms with E-state index in [9.17, 15) is 4.79 Å². The maximum atomic E-state index is 11.4. The monoisotopic (exact) mass is 371 g/mol. The predicted octanol–water partition coefficient (Wildman–Crippen LogP) is 3.70. The summed E-state index contributed by atoms with van der Waals surface area (Å²) in [7, 11) is 1.63. The summed E-state index contributed by atoms with van der Waals surface area (Å²) in [6, 6.07) is 15.8. The molecule has 0 spiro atoms. The number of hydrogen-bond donors (Lipinski definition) is 1. The summed E-state index contributed by atoms with van der Waals surface area (Å²) >= 11 is 5.97. The standard InChI is InChI=1S/C20H22ClN3O2/c1-15(25)10-17-4-3-5-19(11-17)24-14-23(13-20(22-24)26-2)12-16-6-8-18(21)9-7-16/h3-9,11,13,22H,10,12,14H2,1-2H3. The minimum atomic E-state index is 0.149. The van der Waals surface area contributed by atoms with Crippen LogP contribution in [0.2, 0.25) is 5.02 Å². The Labute approximate surface area is 158 Å². The Kier molecular flexibility index (Phi) is 5.68. The van der Waals surface area contributed by atoms with Crippen molar-refractivity contribution in [2.45, 2.75) is 19.9 Å². The summed E-state index contributed by atoms with van der Waals surface area (Å²) in [5.74, 6) is 0.803. The zero-order valence-corrected chi connectivity index (χ0v) is 15.7. The van der Waals surface area contributed by atoms with Crippen molar-refractivity contribution in [1.82, 2.24) is 10.3 Å². The number of carbonyl (C=O) groups is 1. The average Bonchev–Trinajstić information content (AvgIpc) is 2.63. The van der Waals surface area contributed by atoms with E-state index in [-0.39, 0.29) is 5.78 Å². The number of hydrazine groups is 1. The first-order valence-corrected chi connectivity index (χ1v) is 8.78. The number of anilines is 1. The molecule has 0 aromatic heterocycles. The van der Waals surface area contributed by atoms with Crippen LogP contribution in [0.3, 0.4) is 0 Å². The van der Waals surface area contributed by atoms with Gasteiger partial charge in [0, 0.05) is 18.0 Å². The van der Waals surface area contributed by atoms with Crippen molar-refractivity contribution < 1.29 is 9.53 Å². The fourth-order valence-corrected chi connectivity index (χ4v) is 3.00. The summed E-state index contributed by atoms with van der Waals surface area (Å²) in [6.07, 6.45) is 2.38. The van der Waals surface area contributed by atoms with Crippen molar-refractivity contribution in [2.24, 2.45) is 0 Å². The molecule has 0 bridgehead atoms. The molecule has 1 N–H and O–H groups in total. The van der Waals surface area contributed by atoms with Gasteiger partial charge in [-0.2, -0.15) is 0 Å². The van der Waals surface area contributed by atoms with Gasteiger partial charge in [0.2, 0.25) is 5.88 Å². The lowest BCUT2D eigenvalue weighted by molar-refractivity contribution is -0.116. The molecule has 3 rings (SSSR count). The maximum absolute atomic E-state index is 11.4. The number of hydrogen-bond acceptors (Lipinski definition) is 5. The molecule has 0 saturated heterocycles. The zero-order valence-electron chi connectivity index (χ0n) is 14.9. The van der Waals surface area contributed by atoms with Crippen LogP contribution >= 0.6 is 11.6 Å². The van der Waals surface area contributed by atoms with Crippen LogP contribution in [0, 0.1) is 0 Å². The third-order valence-electron chi connectivity index (χ3n) is 4.06. The molecule has 6 heteroatoms. The Morgan fingerprint density at radius 1 is 1.19 bits per heavy atom. The lowest BCUT2D eigenvalue weighted by atomic mass is 10.1. The molecular formula is C20H22ClN3O2. The van der Waals surface area contributed by atoms with Gasteiger partial charge in [-0.3, -0.25) is 15.2 Å². The van der Waals surface area contributed by atoms with E-state index in [1.807, 2.05) is 59.7 Å². The van der Waals surface area contributed by atoms with E-state index in [2.05, 4.69) is 10.3 Å². The summed E-state index contributed by atoms with van der Waals surface area (Å²) in [4.78, 5) is 13.6. The second kappa shape index (κ2) is 8.15. The Bertz CT molecular complexity index is 805. The van der Waals surface area contributed by atoms with Gasteiger partial charge in [-0.1, -0.05) is 35.9 Å². The van der Waals surface area contributed by atoms with Gasteiger partial charge in [-0.05, 0) is 42.3 Å². The number of carbonyl (C=O) groups excluding carboxylic acids is 1. The minimum absolute atomic E-state index is 0.149. The lowest BCUT2D eigenvalue weighted by Gasteiger charge is -2.37. The van der Waals surface area contributed by atoms with E-state index >= 15 is 0 Å². The molecule has 26 heavy (non-hydrogen) atoms. The zero-order chi connectivity index (χ0) is 18.5. The van der Waals surface area contributed by atoms with Gasteiger partial charge < -0.3 is 9.64 Å². The van der Waals surface area contributed by atoms with Crippen LogP contribution in [0.5, 0.6) is 0 Å². The Hall–Kier alpha value is -2.66. The van der Waals surface area contributed by atoms with Crippen LogP contribution in [-0.4, -0.2) is 24.5 Å². The third kappa shape index (κ3) is 4.70. The lowest BCUT2D eigenvalue weighted by Crippen LogP contribution is -2.48. The molecule has 0 radical (unpaired) electrons. The van der Waals surface area contributed by atoms with E-state index in [1.54, 1.807) is 14.0 Å². The molecule has 0 fully saturated rings. The largest absolute Gasteiger partial charge is 0.480 e. The highest BCUT2D eigenvalue weighted by Crippen LogP contribution is 2.21. The quantitative estimate of drug-likeness (QED) is 0.838. The van der Waals surface area contributed by atoms with Crippen LogP contribution in [0.25, 0.3) is 0 Å². The topological polar surface area (TPSA) is 44.8 Å². The smallest absolute Gasteiger partial charge is 0.222 e. The summed E-state index contributed by atoms with van der Waals surface area (Å²) in [5, 5.41) is 2.73. The van der Waals surface area contributed by atoms with Crippen molar-refractivity contribution in [3.63, 3.8) is 0 Å². The summed E-state index contributed by atoms with van der Waals surface area (Å²) < 4.78 is 5.42. The van der Waals surface area contributed by atoms with Crippen LogP contribution < -0.4 is 10.4 Å². The second-order valence-corrected chi connectivity index (χ2v) is 6.74. The predicted molar refractivity (Wildman–Crippen MR) is 103 cm³/mol. The molecule has 1 aliphatic rings. The first kappa shape index (κ1) is 18.1. The van der Waals surface area contributed by atoms with E-state index in [1.165, 1.54) is 0 Å². The molecule has 5 nitrogen and oxygen atoms in total. The van der Waals surface area contributed by atoms with Gasteiger partial charge in [0.1, 0.15) is 12.5 Å². The van der Waals surface area contributed by atoms with Gasteiger partial charge in [0.15, 0.2) is 0 Å². The van der Waals surface area contributed by atoms with Crippen molar-refractivity contribution in [3.8, 4) is 0 Å². The SMILES string of the molecule is COC1=CN(Cc2ccc(Cl)cc2)CN(c2cccc(CC(C)=O)c2)N1. The molecular weight excluding hydrogens is 350 g/mol. The van der Waals surface area contributed by atoms with E-state index in [0.717, 1.165) is 28.4 Å². The van der Waals surface area contributed by atoms with Crippen LogP contribution in [0.4, 0.5) is 5.69 Å². The fourth-order valence-electron chi connectivity index (χ4n) is 2.87. The van der Waals surface area contributed by atoms with E-state index in [4.69, 9.17) is 16.3 Å². The Morgan fingerprint density at radius 2 is 1.96 bits per heavy atom. The number of benzene rings is 2. The van der Waals surface area contributed by atoms with Crippen molar-refractivity contribution in [2.75, 3.05) is 18.8 Å². The van der Waals surface area contributed by atoms with Gasteiger partial charge in [0.05, 0.1) is 19.0 Å². The minimum Gasteiger partial charge on any atom is -0.480 e. The highest BCUT2D eigenvalue weighted by molar-refractivity contribution is 6.30. The molecule has 0 aliphatic carbocycles. The van der Waals surface area contributed by atoms with Crippen LogP contribution in [0.15, 0.2) is 60.6 Å². The number of Topliss-reactive ketones (excluding diaryl/α,β-unsaturated/α-hetero) is 1. The molecule has 0 unspecified atom stereocenters. The highest BCUT2D eigenvalue weighted by atomic mass is 35.5. The number of ketones is 1. The normalized spacial score (nSPS) is 13.9. The molecule has 0 saturated carbocycles. The number of nitrogens with zero attached hydrogens (tertiary/aromatic N) is 2. The van der Waals surface area contributed by atoms with Gasteiger partial charge >= 0.3 is 0 Å². The molecule has 0 atom stereocenters.